The summed E-state index contributed by atoms with van der Waals surface area (Å²) in [6.45, 7) is 7.84. The number of hydrogen-bond acceptors (Lipinski definition) is 9. The fourth-order valence-electron chi connectivity index (χ4n) is 1.85. The molecule has 0 radical (unpaired) electrons. The third-order valence-corrected chi connectivity index (χ3v) is 4.94. The predicted molar refractivity (Wildman–Crippen MR) is 110 cm³/mol. The van der Waals surface area contributed by atoms with Gasteiger partial charge in [0.2, 0.25) is 0 Å². The van der Waals surface area contributed by atoms with Crippen molar-refractivity contribution in [3.05, 3.63) is 5.69 Å². The summed E-state index contributed by atoms with van der Waals surface area (Å²) in [6, 6.07) is -0.418. The third-order valence-electron chi connectivity index (χ3n) is 2.99. The second-order valence-electron chi connectivity index (χ2n) is 6.95. The second-order valence-corrected chi connectivity index (χ2v) is 9.00. The number of carbonyl (C=O) groups is 4. The summed E-state index contributed by atoms with van der Waals surface area (Å²) in [5, 5.41) is 8.05. The number of nitrogens with one attached hydrogen (secondary N) is 3. The van der Waals surface area contributed by atoms with Crippen LogP contribution in [0.3, 0.4) is 0 Å². The molecule has 162 valence electrons. The van der Waals surface area contributed by atoms with Crippen molar-refractivity contribution < 1.29 is 28.7 Å². The van der Waals surface area contributed by atoms with E-state index in [2.05, 4.69) is 25.7 Å². The minimum atomic E-state index is -0.620. The van der Waals surface area contributed by atoms with E-state index in [9.17, 15) is 19.2 Å². The molecule has 1 rings (SSSR count). The van der Waals surface area contributed by atoms with Crippen molar-refractivity contribution in [1.29, 1.82) is 0 Å². The van der Waals surface area contributed by atoms with Gasteiger partial charge in [0.15, 0.2) is 16.6 Å². The van der Waals surface area contributed by atoms with E-state index in [1.807, 2.05) is 0 Å². The monoisotopic (exact) mass is 446 g/mol. The first-order valence-electron chi connectivity index (χ1n) is 8.67. The molecule has 1 aromatic rings. The second kappa shape index (κ2) is 11.0. The molecule has 0 fully saturated rings. The number of thioether (sulfide) groups is 1. The smallest absolute Gasteiger partial charge is 0.407 e. The standard InChI is InChI=1S/C17H26N4O6S2/c1-9(7-18-15(25)27-17(3,4)5)19-13(24)12-14(29-16(21-12)28-6)20-11(23)8-26-10(2)22/h9H,7-8H2,1-6H3,(H,18,25)(H,19,24)(H,20,23)/t9-/m0/s1. The number of amides is 3. The van der Waals surface area contributed by atoms with Crippen molar-refractivity contribution >= 4 is 52.0 Å². The molecule has 0 aromatic carbocycles. The topological polar surface area (TPSA) is 136 Å². The van der Waals surface area contributed by atoms with E-state index in [0.29, 0.717) is 4.34 Å². The van der Waals surface area contributed by atoms with Gasteiger partial charge in [-0.1, -0.05) is 23.1 Å². The van der Waals surface area contributed by atoms with Crippen LogP contribution in [0.5, 0.6) is 0 Å². The quantitative estimate of drug-likeness (QED) is 0.408. The molecule has 0 saturated heterocycles. The van der Waals surface area contributed by atoms with Crippen molar-refractivity contribution in [2.75, 3.05) is 24.7 Å². The molecule has 0 aliphatic rings. The van der Waals surface area contributed by atoms with Crippen LogP contribution in [0.1, 0.15) is 45.1 Å². The normalized spacial score (nSPS) is 11.9. The summed E-state index contributed by atoms with van der Waals surface area (Å²) < 4.78 is 10.4. The van der Waals surface area contributed by atoms with Crippen LogP contribution in [0.15, 0.2) is 4.34 Å². The van der Waals surface area contributed by atoms with Crippen LogP contribution in [0.4, 0.5) is 9.80 Å². The maximum atomic E-state index is 12.6. The summed E-state index contributed by atoms with van der Waals surface area (Å²) in [4.78, 5) is 51.2. The lowest BCUT2D eigenvalue weighted by Gasteiger charge is -2.21. The lowest BCUT2D eigenvalue weighted by molar-refractivity contribution is -0.144. The van der Waals surface area contributed by atoms with Gasteiger partial charge in [-0.15, -0.1) is 0 Å². The molecule has 0 aliphatic carbocycles. The Morgan fingerprint density at radius 1 is 1.24 bits per heavy atom. The van der Waals surface area contributed by atoms with Gasteiger partial charge in [0.05, 0.1) is 0 Å². The third kappa shape index (κ3) is 9.61. The van der Waals surface area contributed by atoms with Crippen LogP contribution >= 0.6 is 23.1 Å². The molecule has 0 unspecified atom stereocenters. The van der Waals surface area contributed by atoms with Crippen LogP contribution in [0.2, 0.25) is 0 Å². The fourth-order valence-corrected chi connectivity index (χ4v) is 3.33. The van der Waals surface area contributed by atoms with E-state index in [0.717, 1.165) is 11.3 Å². The number of alkyl carbamates (subject to hydrolysis) is 1. The molecule has 12 heteroatoms. The Morgan fingerprint density at radius 3 is 2.45 bits per heavy atom. The molecule has 0 aliphatic heterocycles. The number of ether oxygens (including phenoxy) is 2. The van der Waals surface area contributed by atoms with E-state index >= 15 is 0 Å². The highest BCUT2D eigenvalue weighted by atomic mass is 32.2. The molecule has 1 atom stereocenters. The Labute approximate surface area is 177 Å². The minimum Gasteiger partial charge on any atom is -0.456 e. The van der Waals surface area contributed by atoms with Gasteiger partial charge in [-0.3, -0.25) is 14.4 Å². The highest BCUT2D eigenvalue weighted by molar-refractivity contribution is 8.00. The highest BCUT2D eigenvalue weighted by Gasteiger charge is 2.22. The van der Waals surface area contributed by atoms with Crippen LogP contribution in [-0.2, 0) is 19.1 Å². The molecule has 3 N–H and O–H groups in total. The van der Waals surface area contributed by atoms with Gasteiger partial charge in [0.1, 0.15) is 10.6 Å². The average Bonchev–Trinajstić information content (AvgIpc) is 2.99. The highest BCUT2D eigenvalue weighted by Crippen LogP contribution is 2.30. The SMILES string of the molecule is CSc1nc(C(=O)N[C@@H](C)CNC(=O)OC(C)(C)C)c(NC(=O)COC(C)=O)s1. The van der Waals surface area contributed by atoms with Crippen molar-refractivity contribution in [3.63, 3.8) is 0 Å². The summed E-state index contributed by atoms with van der Waals surface area (Å²) in [5.74, 6) is -1.67. The molecule has 3 amide bonds. The fraction of sp³-hybridized carbons (Fsp3) is 0.588. The zero-order valence-electron chi connectivity index (χ0n) is 17.2. The number of carbonyl (C=O) groups excluding carboxylic acids is 4. The van der Waals surface area contributed by atoms with Gasteiger partial charge in [0.25, 0.3) is 11.8 Å². The molecule has 0 spiro atoms. The Balaban J connectivity index is 2.70. The lowest BCUT2D eigenvalue weighted by atomic mass is 10.2. The summed E-state index contributed by atoms with van der Waals surface area (Å²) in [5.41, 5.74) is -0.579. The number of thiazole rings is 1. The van der Waals surface area contributed by atoms with Gasteiger partial charge in [-0.05, 0) is 34.0 Å². The number of aromatic nitrogens is 1. The lowest BCUT2D eigenvalue weighted by Crippen LogP contribution is -2.43. The largest absolute Gasteiger partial charge is 0.456 e. The molecule has 1 aromatic heterocycles. The molecule has 10 nitrogen and oxygen atoms in total. The maximum absolute atomic E-state index is 12.6. The van der Waals surface area contributed by atoms with Gasteiger partial charge in [-0.25, -0.2) is 9.78 Å². The summed E-state index contributed by atoms with van der Waals surface area (Å²) in [6.07, 6.45) is 1.20. The molecule has 0 saturated carbocycles. The van der Waals surface area contributed by atoms with Gasteiger partial charge in [-0.2, -0.15) is 0 Å². The minimum absolute atomic E-state index is 0.0413. The van der Waals surface area contributed by atoms with Gasteiger partial charge < -0.3 is 25.4 Å². The Kier molecular flexibility index (Phi) is 9.37. The Hall–Kier alpha value is -2.34. The van der Waals surface area contributed by atoms with E-state index in [-0.39, 0.29) is 17.2 Å². The van der Waals surface area contributed by atoms with Gasteiger partial charge in [0, 0.05) is 19.5 Å². The zero-order valence-corrected chi connectivity index (χ0v) is 18.8. The molecular formula is C17H26N4O6S2. The maximum Gasteiger partial charge on any atom is 0.407 e. The number of esters is 1. The average molecular weight is 447 g/mol. The zero-order chi connectivity index (χ0) is 22.2. The predicted octanol–water partition coefficient (Wildman–Crippen LogP) is 2.01. The first kappa shape index (κ1) is 24.7. The molecule has 0 bridgehead atoms. The van der Waals surface area contributed by atoms with E-state index < -0.39 is 42.1 Å². The number of hydrogen-bond donors (Lipinski definition) is 3. The van der Waals surface area contributed by atoms with Crippen LogP contribution in [0, 0.1) is 0 Å². The Bertz CT molecular complexity index is 760. The first-order valence-corrected chi connectivity index (χ1v) is 10.7. The number of anilines is 1. The number of nitrogens with zero attached hydrogens (tertiary/aromatic N) is 1. The molecular weight excluding hydrogens is 420 g/mol. The van der Waals surface area contributed by atoms with E-state index in [1.54, 1.807) is 34.0 Å². The van der Waals surface area contributed by atoms with Crippen LogP contribution in [0.25, 0.3) is 0 Å². The molecule has 1 heterocycles. The van der Waals surface area contributed by atoms with Crippen LogP contribution in [-0.4, -0.2) is 59.9 Å². The summed E-state index contributed by atoms with van der Waals surface area (Å²) >= 11 is 2.45. The first-order chi connectivity index (χ1) is 13.4. The van der Waals surface area contributed by atoms with Crippen LogP contribution < -0.4 is 16.0 Å². The van der Waals surface area contributed by atoms with E-state index in [4.69, 9.17) is 4.74 Å². The van der Waals surface area contributed by atoms with Crippen molar-refractivity contribution in [2.45, 2.75) is 50.6 Å². The Morgan fingerprint density at radius 2 is 1.90 bits per heavy atom. The van der Waals surface area contributed by atoms with E-state index in [1.165, 1.54) is 18.7 Å². The number of rotatable bonds is 8. The summed E-state index contributed by atoms with van der Waals surface area (Å²) in [7, 11) is 0. The molecule has 29 heavy (non-hydrogen) atoms. The van der Waals surface area contributed by atoms with Gasteiger partial charge >= 0.3 is 12.1 Å². The van der Waals surface area contributed by atoms with Crippen molar-refractivity contribution in [1.82, 2.24) is 15.6 Å². The van der Waals surface area contributed by atoms with Crippen molar-refractivity contribution in [2.24, 2.45) is 0 Å². The van der Waals surface area contributed by atoms with Crippen molar-refractivity contribution in [3.8, 4) is 0 Å².